The number of rotatable bonds is 2. The van der Waals surface area contributed by atoms with Gasteiger partial charge in [0.05, 0.1) is 5.52 Å². The molecule has 2 rings (SSSR count). The fraction of sp³-hybridized carbons (Fsp3) is 0.200. The van der Waals surface area contributed by atoms with Gasteiger partial charge in [-0.2, -0.15) is 13.2 Å². The first-order chi connectivity index (χ1) is 7.96. The Morgan fingerprint density at radius 3 is 2.71 bits per heavy atom. The number of aromatic nitrogens is 2. The number of nitrogens with one attached hydrogen (secondary N) is 1. The zero-order valence-electron chi connectivity index (χ0n) is 8.62. The van der Waals surface area contributed by atoms with Crippen LogP contribution >= 0.6 is 0 Å². The van der Waals surface area contributed by atoms with Gasteiger partial charge in [0.25, 0.3) is 0 Å². The second kappa shape index (κ2) is 4.08. The van der Waals surface area contributed by atoms with Crippen molar-refractivity contribution in [2.24, 2.45) is 0 Å². The van der Waals surface area contributed by atoms with E-state index in [1.54, 1.807) is 18.2 Å². The summed E-state index contributed by atoms with van der Waals surface area (Å²) in [5.41, 5.74) is 6.56. The highest BCUT2D eigenvalue weighted by atomic mass is 19.4. The third kappa shape index (κ3) is 2.74. The van der Waals surface area contributed by atoms with Crippen LogP contribution in [0.5, 0.6) is 0 Å². The number of hydrogen-bond donors (Lipinski definition) is 2. The van der Waals surface area contributed by atoms with E-state index in [2.05, 4.69) is 15.3 Å². The summed E-state index contributed by atoms with van der Waals surface area (Å²) in [7, 11) is 0. The van der Waals surface area contributed by atoms with Crippen molar-refractivity contribution < 1.29 is 13.2 Å². The number of anilines is 2. The molecule has 0 bridgehead atoms. The number of fused-ring (bicyclic) bond motifs is 1. The number of alkyl halides is 3. The Kier molecular flexibility index (Phi) is 2.74. The summed E-state index contributed by atoms with van der Waals surface area (Å²) in [4.78, 5) is 7.71. The largest absolute Gasteiger partial charge is 0.405 e. The number of halogens is 3. The normalized spacial score (nSPS) is 11.7. The van der Waals surface area contributed by atoms with Gasteiger partial charge in [-0.3, -0.25) is 0 Å². The van der Waals surface area contributed by atoms with Crippen molar-refractivity contribution in [1.82, 2.24) is 9.97 Å². The van der Waals surface area contributed by atoms with Gasteiger partial charge in [0.15, 0.2) is 0 Å². The fourth-order valence-corrected chi connectivity index (χ4v) is 1.40. The molecule has 17 heavy (non-hydrogen) atoms. The fourth-order valence-electron chi connectivity index (χ4n) is 1.40. The van der Waals surface area contributed by atoms with Crippen LogP contribution < -0.4 is 11.1 Å². The van der Waals surface area contributed by atoms with Crippen LogP contribution in [0.1, 0.15) is 0 Å². The van der Waals surface area contributed by atoms with Gasteiger partial charge in [0.2, 0.25) is 0 Å². The standard InChI is InChI=1S/C10H9F3N4/c11-10(12,13)4-15-9-7-2-1-6(14)3-8(7)16-5-17-9/h1-3,5H,4,14H2,(H,15,16,17). The number of nitrogens with two attached hydrogens (primary N) is 1. The number of benzene rings is 1. The first-order valence-electron chi connectivity index (χ1n) is 4.76. The summed E-state index contributed by atoms with van der Waals surface area (Å²) in [6.45, 7) is -1.14. The lowest BCUT2D eigenvalue weighted by atomic mass is 10.2. The van der Waals surface area contributed by atoms with E-state index in [0.29, 0.717) is 16.6 Å². The molecule has 0 saturated heterocycles. The van der Waals surface area contributed by atoms with Crippen molar-refractivity contribution >= 4 is 22.4 Å². The van der Waals surface area contributed by atoms with Gasteiger partial charge in [0, 0.05) is 11.1 Å². The Hall–Kier alpha value is -2.05. The molecule has 90 valence electrons. The van der Waals surface area contributed by atoms with Crippen molar-refractivity contribution in [3.63, 3.8) is 0 Å². The second-order valence-electron chi connectivity index (χ2n) is 3.47. The summed E-state index contributed by atoms with van der Waals surface area (Å²) < 4.78 is 36.2. The summed E-state index contributed by atoms with van der Waals surface area (Å²) in [6.07, 6.45) is -3.09. The zero-order valence-corrected chi connectivity index (χ0v) is 8.62. The molecule has 0 radical (unpaired) electrons. The molecule has 7 heteroatoms. The quantitative estimate of drug-likeness (QED) is 0.792. The Morgan fingerprint density at radius 1 is 1.24 bits per heavy atom. The van der Waals surface area contributed by atoms with E-state index in [4.69, 9.17) is 5.73 Å². The molecule has 0 fully saturated rings. The summed E-state index contributed by atoms with van der Waals surface area (Å²) >= 11 is 0. The van der Waals surface area contributed by atoms with Crippen LogP contribution in [0.4, 0.5) is 24.7 Å². The summed E-state index contributed by atoms with van der Waals surface area (Å²) in [6, 6.07) is 4.75. The van der Waals surface area contributed by atoms with Crippen LogP contribution in [0.3, 0.4) is 0 Å². The topological polar surface area (TPSA) is 63.8 Å². The molecule has 0 unspecified atom stereocenters. The molecule has 3 N–H and O–H groups in total. The van der Waals surface area contributed by atoms with Crippen molar-refractivity contribution in [3.05, 3.63) is 24.5 Å². The lowest BCUT2D eigenvalue weighted by molar-refractivity contribution is -0.115. The highest BCUT2D eigenvalue weighted by molar-refractivity contribution is 5.90. The first-order valence-corrected chi connectivity index (χ1v) is 4.76. The minimum atomic E-state index is -4.29. The Balaban J connectivity index is 2.34. The third-order valence-electron chi connectivity index (χ3n) is 2.12. The summed E-state index contributed by atoms with van der Waals surface area (Å²) in [5.74, 6) is 0.146. The van der Waals surface area contributed by atoms with Crippen molar-refractivity contribution in [1.29, 1.82) is 0 Å². The molecule has 4 nitrogen and oxygen atoms in total. The maximum absolute atomic E-state index is 12.1. The van der Waals surface area contributed by atoms with Crippen molar-refractivity contribution in [2.45, 2.75) is 6.18 Å². The average molecular weight is 242 g/mol. The SMILES string of the molecule is Nc1ccc2c(NCC(F)(F)F)ncnc2c1. The molecule has 0 aliphatic carbocycles. The predicted molar refractivity (Wildman–Crippen MR) is 58.5 cm³/mol. The molecule has 1 heterocycles. The molecule has 0 aliphatic heterocycles. The third-order valence-corrected chi connectivity index (χ3v) is 2.12. The maximum atomic E-state index is 12.1. The molecule has 0 spiro atoms. The highest BCUT2D eigenvalue weighted by Crippen LogP contribution is 2.22. The van der Waals surface area contributed by atoms with E-state index in [9.17, 15) is 13.2 Å². The van der Waals surface area contributed by atoms with Gasteiger partial charge in [-0.15, -0.1) is 0 Å². The predicted octanol–water partition coefficient (Wildman–Crippen LogP) is 2.19. The van der Waals surface area contributed by atoms with Crippen LogP contribution in [0.15, 0.2) is 24.5 Å². The van der Waals surface area contributed by atoms with Crippen molar-refractivity contribution in [2.75, 3.05) is 17.6 Å². The lowest BCUT2D eigenvalue weighted by Crippen LogP contribution is -2.21. The van der Waals surface area contributed by atoms with E-state index in [1.807, 2.05) is 0 Å². The molecule has 1 aromatic carbocycles. The first kappa shape index (κ1) is 11.4. The number of hydrogen-bond acceptors (Lipinski definition) is 4. The molecule has 2 aromatic rings. The van der Waals surface area contributed by atoms with Crippen LogP contribution in [0, 0.1) is 0 Å². The van der Waals surface area contributed by atoms with Crippen LogP contribution in [0.25, 0.3) is 10.9 Å². The van der Waals surface area contributed by atoms with Crippen LogP contribution in [-0.4, -0.2) is 22.7 Å². The maximum Gasteiger partial charge on any atom is 0.405 e. The molecule has 0 atom stereocenters. The van der Waals surface area contributed by atoms with E-state index < -0.39 is 12.7 Å². The van der Waals surface area contributed by atoms with E-state index in [-0.39, 0.29) is 5.82 Å². The van der Waals surface area contributed by atoms with Gasteiger partial charge in [-0.25, -0.2) is 9.97 Å². The minimum absolute atomic E-state index is 0.146. The van der Waals surface area contributed by atoms with Crippen LogP contribution in [-0.2, 0) is 0 Å². The highest BCUT2D eigenvalue weighted by Gasteiger charge is 2.27. The molecule has 0 amide bonds. The molecular weight excluding hydrogens is 233 g/mol. The van der Waals surface area contributed by atoms with Gasteiger partial charge in [0.1, 0.15) is 18.7 Å². The summed E-state index contributed by atoms with van der Waals surface area (Å²) in [5, 5.41) is 2.74. The van der Waals surface area contributed by atoms with Gasteiger partial charge in [-0.1, -0.05) is 0 Å². The van der Waals surface area contributed by atoms with E-state index in [0.717, 1.165) is 0 Å². The van der Waals surface area contributed by atoms with E-state index in [1.165, 1.54) is 6.33 Å². The Morgan fingerprint density at radius 2 is 2.00 bits per heavy atom. The Bertz CT molecular complexity index is 539. The minimum Gasteiger partial charge on any atom is -0.399 e. The monoisotopic (exact) mass is 242 g/mol. The molecule has 1 aromatic heterocycles. The lowest BCUT2D eigenvalue weighted by Gasteiger charge is -2.10. The molecule has 0 saturated carbocycles. The van der Waals surface area contributed by atoms with E-state index >= 15 is 0 Å². The molecular formula is C10H9F3N4. The average Bonchev–Trinajstić information content (AvgIpc) is 2.24. The number of nitrogen functional groups attached to an aromatic ring is 1. The zero-order chi connectivity index (χ0) is 12.5. The van der Waals surface area contributed by atoms with Gasteiger partial charge in [-0.05, 0) is 18.2 Å². The van der Waals surface area contributed by atoms with Gasteiger partial charge < -0.3 is 11.1 Å². The van der Waals surface area contributed by atoms with Crippen molar-refractivity contribution in [3.8, 4) is 0 Å². The number of nitrogens with zero attached hydrogens (tertiary/aromatic N) is 2. The Labute approximate surface area is 94.7 Å². The van der Waals surface area contributed by atoms with Crippen LogP contribution in [0.2, 0.25) is 0 Å². The van der Waals surface area contributed by atoms with Gasteiger partial charge >= 0.3 is 6.18 Å². The second-order valence-corrected chi connectivity index (χ2v) is 3.47. The molecule has 0 aliphatic rings. The smallest absolute Gasteiger partial charge is 0.399 e.